The van der Waals surface area contributed by atoms with Gasteiger partial charge in [0.2, 0.25) is 0 Å². The maximum Gasteiger partial charge on any atom is 0.275 e. The second-order valence-corrected chi connectivity index (χ2v) is 4.78. The van der Waals surface area contributed by atoms with Crippen LogP contribution >= 0.6 is 11.6 Å². The van der Waals surface area contributed by atoms with Crippen LogP contribution in [0, 0.1) is 10.1 Å². The first-order valence-electron chi connectivity index (χ1n) is 6.39. The fraction of sp³-hybridized carbons (Fsp3) is 0.538. The minimum Gasteiger partial charge on any atom is -0.396 e. The highest BCUT2D eigenvalue weighted by Gasteiger charge is 2.13. The van der Waals surface area contributed by atoms with E-state index in [0.29, 0.717) is 17.1 Å². The molecule has 0 saturated heterocycles. The van der Waals surface area contributed by atoms with Crippen molar-refractivity contribution in [2.24, 2.45) is 0 Å². The molecule has 106 valence electrons. The number of aliphatic hydroxyl groups is 1. The molecule has 6 heteroatoms. The van der Waals surface area contributed by atoms with Crippen molar-refractivity contribution in [1.82, 2.24) is 5.32 Å². The number of unbranched alkanes of at least 4 members (excludes halogenated alkanes) is 3. The van der Waals surface area contributed by atoms with Gasteiger partial charge in [-0.25, -0.2) is 0 Å². The minimum absolute atomic E-state index is 0.0558. The summed E-state index contributed by atoms with van der Waals surface area (Å²) in [7, 11) is 0. The van der Waals surface area contributed by atoms with E-state index in [1.807, 2.05) is 0 Å². The van der Waals surface area contributed by atoms with Gasteiger partial charge in [-0.3, -0.25) is 10.1 Å². The molecule has 0 fully saturated rings. The molecule has 1 rings (SSSR count). The number of rotatable bonds is 9. The highest BCUT2D eigenvalue weighted by molar-refractivity contribution is 6.30. The van der Waals surface area contributed by atoms with E-state index < -0.39 is 4.92 Å². The predicted molar refractivity (Wildman–Crippen MR) is 75.4 cm³/mol. The molecule has 0 saturated carbocycles. The molecule has 0 aliphatic heterocycles. The quantitative estimate of drug-likeness (QED) is 0.416. The van der Waals surface area contributed by atoms with Gasteiger partial charge < -0.3 is 10.4 Å². The van der Waals surface area contributed by atoms with Crippen molar-refractivity contribution in [3.8, 4) is 0 Å². The zero-order valence-corrected chi connectivity index (χ0v) is 11.5. The summed E-state index contributed by atoms with van der Waals surface area (Å²) in [6.45, 7) is 1.52. The second kappa shape index (κ2) is 8.85. The summed E-state index contributed by atoms with van der Waals surface area (Å²) in [5.74, 6) is 0. The van der Waals surface area contributed by atoms with Crippen molar-refractivity contribution in [3.63, 3.8) is 0 Å². The summed E-state index contributed by atoms with van der Waals surface area (Å²) >= 11 is 5.75. The third kappa shape index (κ3) is 6.00. The van der Waals surface area contributed by atoms with Gasteiger partial charge in [0.15, 0.2) is 0 Å². The zero-order chi connectivity index (χ0) is 14.1. The first-order valence-corrected chi connectivity index (χ1v) is 6.77. The molecule has 0 amide bonds. The van der Waals surface area contributed by atoms with Crippen LogP contribution in [0.2, 0.25) is 5.02 Å². The minimum atomic E-state index is -0.413. The number of benzene rings is 1. The third-order valence-electron chi connectivity index (χ3n) is 2.82. The molecule has 0 unspecified atom stereocenters. The lowest BCUT2D eigenvalue weighted by Crippen LogP contribution is -2.15. The number of halogens is 1. The Morgan fingerprint density at radius 2 is 2.00 bits per heavy atom. The smallest absolute Gasteiger partial charge is 0.275 e. The first kappa shape index (κ1) is 15.9. The van der Waals surface area contributed by atoms with Crippen LogP contribution in [0.4, 0.5) is 5.69 Å². The molecule has 1 aromatic carbocycles. The average molecular weight is 287 g/mol. The Morgan fingerprint density at radius 3 is 2.68 bits per heavy atom. The summed E-state index contributed by atoms with van der Waals surface area (Å²) in [5.41, 5.74) is 0.699. The van der Waals surface area contributed by atoms with Crippen LogP contribution in [-0.2, 0) is 6.54 Å². The van der Waals surface area contributed by atoms with E-state index in [2.05, 4.69) is 5.32 Å². The average Bonchev–Trinajstić information content (AvgIpc) is 2.39. The fourth-order valence-corrected chi connectivity index (χ4v) is 1.96. The van der Waals surface area contributed by atoms with Gasteiger partial charge in [-0.1, -0.05) is 24.4 Å². The maximum absolute atomic E-state index is 10.9. The van der Waals surface area contributed by atoms with Crippen LogP contribution in [0.5, 0.6) is 0 Å². The summed E-state index contributed by atoms with van der Waals surface area (Å²) in [4.78, 5) is 10.5. The fourth-order valence-electron chi connectivity index (χ4n) is 1.79. The summed E-state index contributed by atoms with van der Waals surface area (Å²) in [6.07, 6.45) is 3.90. The largest absolute Gasteiger partial charge is 0.396 e. The molecule has 0 heterocycles. The molecular formula is C13H19ClN2O3. The van der Waals surface area contributed by atoms with Gasteiger partial charge in [-0.15, -0.1) is 0 Å². The number of nitrogens with one attached hydrogen (secondary N) is 1. The molecule has 0 atom stereocenters. The van der Waals surface area contributed by atoms with Crippen LogP contribution in [0.3, 0.4) is 0 Å². The third-order valence-corrected chi connectivity index (χ3v) is 3.06. The van der Waals surface area contributed by atoms with E-state index in [9.17, 15) is 10.1 Å². The van der Waals surface area contributed by atoms with E-state index in [-0.39, 0.29) is 12.3 Å². The Labute approximate surface area is 117 Å². The standard InChI is InChI=1S/C13H19ClN2O3/c14-12-6-5-11(13(9-12)16(18)19)10-15-7-3-1-2-4-8-17/h5-6,9,15,17H,1-4,7-8,10H2. The van der Waals surface area contributed by atoms with E-state index >= 15 is 0 Å². The van der Waals surface area contributed by atoms with Crippen LogP contribution < -0.4 is 5.32 Å². The van der Waals surface area contributed by atoms with Gasteiger partial charge in [-0.05, 0) is 31.5 Å². The summed E-state index contributed by atoms with van der Waals surface area (Å²) in [6, 6.07) is 4.71. The monoisotopic (exact) mass is 286 g/mol. The van der Waals surface area contributed by atoms with Gasteiger partial charge in [0.25, 0.3) is 5.69 Å². The molecule has 19 heavy (non-hydrogen) atoms. The van der Waals surface area contributed by atoms with Gasteiger partial charge in [0.1, 0.15) is 0 Å². The SMILES string of the molecule is O=[N+]([O-])c1cc(Cl)ccc1CNCCCCCCO. The van der Waals surface area contributed by atoms with Crippen LogP contribution in [0.25, 0.3) is 0 Å². The normalized spacial score (nSPS) is 10.6. The van der Waals surface area contributed by atoms with Crippen molar-refractivity contribution in [1.29, 1.82) is 0 Å². The Morgan fingerprint density at radius 1 is 1.26 bits per heavy atom. The molecule has 5 nitrogen and oxygen atoms in total. The first-order chi connectivity index (χ1) is 9.15. The lowest BCUT2D eigenvalue weighted by Gasteiger charge is -2.06. The molecule has 0 radical (unpaired) electrons. The topological polar surface area (TPSA) is 75.4 Å². The number of nitro groups is 1. The van der Waals surface area contributed by atoms with E-state index in [0.717, 1.165) is 32.2 Å². The van der Waals surface area contributed by atoms with Gasteiger partial charge >= 0.3 is 0 Å². The van der Waals surface area contributed by atoms with E-state index in [1.54, 1.807) is 12.1 Å². The molecule has 0 aromatic heterocycles. The number of nitrogens with zero attached hydrogens (tertiary/aromatic N) is 1. The number of nitro benzene ring substituents is 1. The molecule has 0 aliphatic rings. The highest BCUT2D eigenvalue weighted by atomic mass is 35.5. The molecule has 0 spiro atoms. The van der Waals surface area contributed by atoms with Gasteiger partial charge in [0.05, 0.1) is 4.92 Å². The lowest BCUT2D eigenvalue weighted by atomic mass is 10.1. The van der Waals surface area contributed by atoms with E-state index in [4.69, 9.17) is 16.7 Å². The molecule has 2 N–H and O–H groups in total. The molecule has 0 aliphatic carbocycles. The predicted octanol–water partition coefficient (Wildman–Crippen LogP) is 2.89. The van der Waals surface area contributed by atoms with Gasteiger partial charge in [-0.2, -0.15) is 0 Å². The Bertz CT molecular complexity index is 413. The number of hydrogen-bond acceptors (Lipinski definition) is 4. The molecule has 0 bridgehead atoms. The van der Waals surface area contributed by atoms with Crippen molar-refractivity contribution < 1.29 is 10.0 Å². The van der Waals surface area contributed by atoms with Crippen molar-refractivity contribution in [2.45, 2.75) is 32.2 Å². The van der Waals surface area contributed by atoms with Crippen molar-refractivity contribution >= 4 is 17.3 Å². The Hall–Kier alpha value is -1.17. The number of hydrogen-bond donors (Lipinski definition) is 2. The lowest BCUT2D eigenvalue weighted by molar-refractivity contribution is -0.385. The van der Waals surface area contributed by atoms with Crippen LogP contribution in [-0.4, -0.2) is 23.2 Å². The van der Waals surface area contributed by atoms with Gasteiger partial charge in [0, 0.05) is 29.8 Å². The number of aliphatic hydroxyl groups excluding tert-OH is 1. The summed E-state index contributed by atoms with van der Waals surface area (Å²) < 4.78 is 0. The Kier molecular flexibility index (Phi) is 7.40. The second-order valence-electron chi connectivity index (χ2n) is 4.34. The molecular weight excluding hydrogens is 268 g/mol. The van der Waals surface area contributed by atoms with Crippen LogP contribution in [0.1, 0.15) is 31.2 Å². The zero-order valence-electron chi connectivity index (χ0n) is 10.8. The van der Waals surface area contributed by atoms with Crippen molar-refractivity contribution in [2.75, 3.05) is 13.2 Å². The maximum atomic E-state index is 10.9. The van der Waals surface area contributed by atoms with E-state index in [1.165, 1.54) is 6.07 Å². The van der Waals surface area contributed by atoms with Crippen molar-refractivity contribution in [3.05, 3.63) is 38.9 Å². The molecule has 1 aromatic rings. The van der Waals surface area contributed by atoms with Crippen LogP contribution in [0.15, 0.2) is 18.2 Å². The summed E-state index contributed by atoms with van der Waals surface area (Å²) in [5, 5.41) is 23.1. The Balaban J connectivity index is 2.35. The highest BCUT2D eigenvalue weighted by Crippen LogP contribution is 2.22.